The second-order valence-electron chi connectivity index (χ2n) is 8.69. The average molecular weight is 457 g/mol. The zero-order chi connectivity index (χ0) is 23.8. The van der Waals surface area contributed by atoms with Gasteiger partial charge in [0.05, 0.1) is 0 Å². The predicted molar refractivity (Wildman–Crippen MR) is 125 cm³/mol. The predicted octanol–water partition coefficient (Wildman–Crippen LogP) is 4.11. The lowest BCUT2D eigenvalue weighted by Crippen LogP contribution is -2.49. The van der Waals surface area contributed by atoms with Gasteiger partial charge in [-0.15, -0.1) is 0 Å². The van der Waals surface area contributed by atoms with Gasteiger partial charge in [-0.25, -0.2) is 4.39 Å². The van der Waals surface area contributed by atoms with Crippen LogP contribution in [0.1, 0.15) is 44.7 Å². The zero-order valence-electron chi connectivity index (χ0n) is 19.6. The van der Waals surface area contributed by atoms with E-state index in [4.69, 9.17) is 9.47 Å². The lowest BCUT2D eigenvalue weighted by atomic mass is 10.1. The Morgan fingerprint density at radius 1 is 1.03 bits per heavy atom. The molecule has 0 spiro atoms. The van der Waals surface area contributed by atoms with Crippen LogP contribution in [0.25, 0.3) is 0 Å². The number of ether oxygens (including phenoxy) is 2. The van der Waals surface area contributed by atoms with Crippen LogP contribution in [0.15, 0.2) is 42.5 Å². The van der Waals surface area contributed by atoms with Gasteiger partial charge in [-0.1, -0.05) is 39.0 Å². The topological polar surface area (TPSA) is 67.9 Å². The van der Waals surface area contributed by atoms with Crippen LogP contribution in [-0.4, -0.2) is 42.5 Å². The van der Waals surface area contributed by atoms with E-state index in [-0.39, 0.29) is 30.6 Å². The monoisotopic (exact) mass is 456 g/mol. The van der Waals surface area contributed by atoms with Crippen LogP contribution in [0, 0.1) is 11.7 Å². The van der Waals surface area contributed by atoms with Gasteiger partial charge in [-0.2, -0.15) is 0 Å². The fourth-order valence-corrected chi connectivity index (χ4v) is 3.77. The van der Waals surface area contributed by atoms with E-state index >= 15 is 0 Å². The summed E-state index contributed by atoms with van der Waals surface area (Å²) in [6.45, 7) is 7.77. The molecule has 1 unspecified atom stereocenters. The number of rotatable bonds is 10. The lowest BCUT2D eigenvalue weighted by molar-refractivity contribution is -0.141. The molecule has 2 aromatic rings. The smallest absolute Gasteiger partial charge is 0.242 e. The molecule has 0 saturated carbocycles. The quantitative estimate of drug-likeness (QED) is 0.584. The molecule has 0 saturated heterocycles. The van der Waals surface area contributed by atoms with Crippen molar-refractivity contribution in [3.8, 4) is 11.5 Å². The number of nitrogens with one attached hydrogen (secondary N) is 1. The highest BCUT2D eigenvalue weighted by molar-refractivity contribution is 5.87. The number of fused-ring (bicyclic) bond motifs is 1. The van der Waals surface area contributed by atoms with E-state index in [1.807, 2.05) is 39.0 Å². The Kier molecular flexibility index (Phi) is 8.69. The van der Waals surface area contributed by atoms with Crippen molar-refractivity contribution in [1.29, 1.82) is 0 Å². The summed E-state index contributed by atoms with van der Waals surface area (Å²) in [5.74, 6) is 1.08. The molecular formula is C26H33FN2O4. The Balaban J connectivity index is 1.74. The highest BCUT2D eigenvalue weighted by atomic mass is 19.1. The third-order valence-corrected chi connectivity index (χ3v) is 5.57. The second-order valence-corrected chi connectivity index (χ2v) is 8.69. The molecule has 33 heavy (non-hydrogen) atoms. The maximum atomic E-state index is 13.4. The largest absolute Gasteiger partial charge is 0.486 e. The third kappa shape index (κ3) is 6.94. The first-order valence-corrected chi connectivity index (χ1v) is 11.6. The van der Waals surface area contributed by atoms with Gasteiger partial charge in [0.15, 0.2) is 11.5 Å². The van der Waals surface area contributed by atoms with E-state index in [0.29, 0.717) is 50.0 Å². The van der Waals surface area contributed by atoms with Crippen molar-refractivity contribution in [3.05, 3.63) is 59.4 Å². The summed E-state index contributed by atoms with van der Waals surface area (Å²) in [4.78, 5) is 27.9. The molecule has 0 radical (unpaired) electrons. The number of aryl methyl sites for hydroxylation is 1. The Morgan fingerprint density at radius 2 is 1.70 bits per heavy atom. The molecule has 2 amide bonds. The molecule has 0 aliphatic carbocycles. The lowest BCUT2D eigenvalue weighted by Gasteiger charge is -2.31. The maximum Gasteiger partial charge on any atom is 0.242 e. The van der Waals surface area contributed by atoms with Gasteiger partial charge in [0.2, 0.25) is 11.8 Å². The SMILES string of the molecule is CCC(C(=O)NCC(C)C)N(Cc1ccc(F)cc1)C(=O)CCc1ccc2c(c1)OCCO2. The Labute approximate surface area is 195 Å². The summed E-state index contributed by atoms with van der Waals surface area (Å²) in [5, 5.41) is 2.95. The molecule has 0 aromatic heterocycles. The molecule has 178 valence electrons. The van der Waals surface area contributed by atoms with Crippen molar-refractivity contribution in [1.82, 2.24) is 10.2 Å². The van der Waals surface area contributed by atoms with Crippen molar-refractivity contribution in [2.24, 2.45) is 5.92 Å². The minimum Gasteiger partial charge on any atom is -0.486 e. The number of benzene rings is 2. The number of nitrogens with zero attached hydrogens (tertiary/aromatic N) is 1. The number of halogens is 1. The van der Waals surface area contributed by atoms with Gasteiger partial charge in [0, 0.05) is 19.5 Å². The Bertz CT molecular complexity index is 946. The summed E-state index contributed by atoms with van der Waals surface area (Å²) in [5.41, 5.74) is 1.74. The van der Waals surface area contributed by atoms with Gasteiger partial charge in [0.1, 0.15) is 25.1 Å². The molecule has 6 nitrogen and oxygen atoms in total. The van der Waals surface area contributed by atoms with E-state index in [9.17, 15) is 14.0 Å². The van der Waals surface area contributed by atoms with Gasteiger partial charge in [-0.3, -0.25) is 9.59 Å². The summed E-state index contributed by atoms with van der Waals surface area (Å²) in [6.07, 6.45) is 1.25. The van der Waals surface area contributed by atoms with Crippen molar-refractivity contribution >= 4 is 11.8 Å². The van der Waals surface area contributed by atoms with Crippen LogP contribution in [-0.2, 0) is 22.6 Å². The summed E-state index contributed by atoms with van der Waals surface area (Å²) < 4.78 is 24.6. The number of carbonyl (C=O) groups excluding carboxylic acids is 2. The van der Waals surface area contributed by atoms with Gasteiger partial charge in [0.25, 0.3) is 0 Å². The molecule has 0 fully saturated rings. The Morgan fingerprint density at radius 3 is 2.36 bits per heavy atom. The first-order chi connectivity index (χ1) is 15.9. The molecular weight excluding hydrogens is 423 g/mol. The molecule has 1 aliphatic heterocycles. The minimum absolute atomic E-state index is 0.124. The fourth-order valence-electron chi connectivity index (χ4n) is 3.77. The van der Waals surface area contributed by atoms with Crippen molar-refractivity contribution in [2.75, 3.05) is 19.8 Å². The third-order valence-electron chi connectivity index (χ3n) is 5.57. The standard InChI is InChI=1S/C26H33FN2O4/c1-4-22(26(31)28-16-18(2)3)29(17-20-5-9-21(27)10-6-20)25(30)12-8-19-7-11-23-24(15-19)33-14-13-32-23/h5-7,9-11,15,18,22H,4,8,12-14,16-17H2,1-3H3,(H,28,31). The first kappa shape index (κ1) is 24.6. The number of amides is 2. The van der Waals surface area contributed by atoms with E-state index in [2.05, 4.69) is 5.32 Å². The maximum absolute atomic E-state index is 13.4. The fraction of sp³-hybridized carbons (Fsp3) is 0.462. The number of carbonyl (C=O) groups is 2. The van der Waals surface area contributed by atoms with Crippen molar-refractivity contribution < 1.29 is 23.5 Å². The number of hydrogen-bond donors (Lipinski definition) is 1. The molecule has 0 bridgehead atoms. The van der Waals surface area contributed by atoms with Gasteiger partial charge >= 0.3 is 0 Å². The van der Waals surface area contributed by atoms with Crippen LogP contribution in [0.4, 0.5) is 4.39 Å². The summed E-state index contributed by atoms with van der Waals surface area (Å²) >= 11 is 0. The zero-order valence-corrected chi connectivity index (χ0v) is 19.6. The van der Waals surface area contributed by atoms with E-state index in [0.717, 1.165) is 11.1 Å². The van der Waals surface area contributed by atoms with Crippen LogP contribution in [0.3, 0.4) is 0 Å². The molecule has 3 rings (SSSR count). The molecule has 7 heteroatoms. The summed E-state index contributed by atoms with van der Waals surface area (Å²) in [6, 6.07) is 11.1. The first-order valence-electron chi connectivity index (χ1n) is 11.6. The van der Waals surface area contributed by atoms with Crippen LogP contribution >= 0.6 is 0 Å². The molecule has 2 aromatic carbocycles. The van der Waals surface area contributed by atoms with E-state index in [1.54, 1.807) is 17.0 Å². The highest BCUT2D eigenvalue weighted by Gasteiger charge is 2.28. The van der Waals surface area contributed by atoms with Crippen molar-refractivity contribution in [3.63, 3.8) is 0 Å². The molecule has 1 heterocycles. The normalized spacial score (nSPS) is 13.5. The van der Waals surface area contributed by atoms with Crippen LogP contribution in [0.2, 0.25) is 0 Å². The van der Waals surface area contributed by atoms with Crippen molar-refractivity contribution in [2.45, 2.75) is 52.6 Å². The minimum atomic E-state index is -0.596. The summed E-state index contributed by atoms with van der Waals surface area (Å²) in [7, 11) is 0. The van der Waals surface area contributed by atoms with E-state index in [1.165, 1.54) is 12.1 Å². The highest BCUT2D eigenvalue weighted by Crippen LogP contribution is 2.31. The Hall–Kier alpha value is -3.09. The average Bonchev–Trinajstić information content (AvgIpc) is 2.82. The van der Waals surface area contributed by atoms with E-state index < -0.39 is 6.04 Å². The van der Waals surface area contributed by atoms with Gasteiger partial charge in [-0.05, 0) is 54.2 Å². The van der Waals surface area contributed by atoms with Crippen LogP contribution in [0.5, 0.6) is 11.5 Å². The number of hydrogen-bond acceptors (Lipinski definition) is 4. The second kappa shape index (κ2) is 11.7. The molecule has 1 aliphatic rings. The molecule has 1 N–H and O–H groups in total. The molecule has 1 atom stereocenters. The van der Waals surface area contributed by atoms with Gasteiger partial charge < -0.3 is 19.7 Å². The van der Waals surface area contributed by atoms with Crippen LogP contribution < -0.4 is 14.8 Å².